The van der Waals surface area contributed by atoms with Crippen molar-refractivity contribution in [2.75, 3.05) is 19.0 Å². The first kappa shape index (κ1) is 12.4. The maximum atomic E-state index is 6.03. The van der Waals surface area contributed by atoms with Crippen molar-refractivity contribution >= 4 is 46.4 Å². The molecule has 0 unspecified atom stereocenters. The van der Waals surface area contributed by atoms with Crippen molar-refractivity contribution in [2.45, 2.75) is 0 Å². The van der Waals surface area contributed by atoms with Crippen molar-refractivity contribution in [2.24, 2.45) is 10.7 Å². The predicted octanol–water partition coefficient (Wildman–Crippen LogP) is 3.03. The van der Waals surface area contributed by atoms with E-state index in [1.165, 1.54) is 0 Å². The van der Waals surface area contributed by atoms with Crippen LogP contribution in [-0.2, 0) is 0 Å². The van der Waals surface area contributed by atoms with E-state index in [4.69, 9.17) is 40.5 Å². The van der Waals surface area contributed by atoms with Gasteiger partial charge in [-0.25, -0.2) is 0 Å². The third kappa shape index (κ3) is 2.48. The van der Waals surface area contributed by atoms with Crippen LogP contribution < -0.4 is 10.6 Å². The summed E-state index contributed by atoms with van der Waals surface area (Å²) in [6.07, 6.45) is 0. The van der Waals surface area contributed by atoms with Crippen LogP contribution in [0.15, 0.2) is 17.1 Å². The third-order valence-electron chi connectivity index (χ3n) is 1.95. The maximum Gasteiger partial charge on any atom is 0.195 e. The molecule has 1 rings (SSSR count). The Morgan fingerprint density at radius 3 is 2.40 bits per heavy atom. The Morgan fingerprint density at radius 2 is 1.87 bits per heavy atom. The van der Waals surface area contributed by atoms with Gasteiger partial charge in [0.2, 0.25) is 0 Å². The summed E-state index contributed by atoms with van der Waals surface area (Å²) in [5.74, 6) is 0.343. The number of nitrogens with two attached hydrogens (primary N) is 1. The van der Waals surface area contributed by atoms with Crippen molar-refractivity contribution < 1.29 is 0 Å². The standard InChI is InChI=1S/C9H10Cl3N3/c1-14-9(13)15(2)6-4-3-5(10)7(11)8(6)12/h3-4H,1-2H3,(H2,13,14). The fraction of sp³-hybridized carbons (Fsp3) is 0.222. The van der Waals surface area contributed by atoms with Gasteiger partial charge in [-0.3, -0.25) is 4.99 Å². The summed E-state index contributed by atoms with van der Waals surface area (Å²) in [5, 5.41) is 1.08. The highest BCUT2D eigenvalue weighted by Crippen LogP contribution is 2.36. The molecule has 2 N–H and O–H groups in total. The first-order valence-electron chi connectivity index (χ1n) is 4.08. The number of hydrogen-bond donors (Lipinski definition) is 1. The highest BCUT2D eigenvalue weighted by atomic mass is 35.5. The summed E-state index contributed by atoms with van der Waals surface area (Å²) < 4.78 is 0. The molecule has 15 heavy (non-hydrogen) atoms. The Bertz CT molecular complexity index is 404. The van der Waals surface area contributed by atoms with Crippen LogP contribution in [0.5, 0.6) is 0 Å². The molecule has 0 amide bonds. The second-order valence-electron chi connectivity index (χ2n) is 2.84. The van der Waals surface area contributed by atoms with Gasteiger partial charge in [-0.15, -0.1) is 0 Å². The van der Waals surface area contributed by atoms with Crippen LogP contribution in [-0.4, -0.2) is 20.1 Å². The SMILES string of the molecule is CN=C(N)N(C)c1ccc(Cl)c(Cl)c1Cl. The van der Waals surface area contributed by atoms with Crippen molar-refractivity contribution in [3.63, 3.8) is 0 Å². The second kappa shape index (κ2) is 4.92. The topological polar surface area (TPSA) is 41.6 Å². The lowest BCUT2D eigenvalue weighted by Crippen LogP contribution is -2.33. The monoisotopic (exact) mass is 265 g/mol. The Labute approximate surface area is 103 Å². The quantitative estimate of drug-likeness (QED) is 0.482. The molecule has 1 aromatic rings. The molecule has 0 aliphatic rings. The third-order valence-corrected chi connectivity index (χ3v) is 3.23. The molecule has 82 valence electrons. The number of hydrogen-bond acceptors (Lipinski definition) is 1. The lowest BCUT2D eigenvalue weighted by Gasteiger charge is -2.19. The van der Waals surface area contributed by atoms with E-state index >= 15 is 0 Å². The minimum atomic E-state index is 0.312. The van der Waals surface area contributed by atoms with Gasteiger partial charge in [0.05, 0.1) is 20.8 Å². The lowest BCUT2D eigenvalue weighted by molar-refractivity contribution is 1.20. The first-order chi connectivity index (χ1) is 6.99. The normalized spacial score (nSPS) is 11.7. The number of guanidine groups is 1. The summed E-state index contributed by atoms with van der Waals surface area (Å²) in [4.78, 5) is 5.47. The van der Waals surface area contributed by atoms with E-state index in [9.17, 15) is 0 Å². The van der Waals surface area contributed by atoms with Gasteiger partial charge in [-0.1, -0.05) is 34.8 Å². The number of anilines is 1. The summed E-state index contributed by atoms with van der Waals surface area (Å²) >= 11 is 17.7. The predicted molar refractivity (Wildman–Crippen MR) is 67.4 cm³/mol. The highest BCUT2D eigenvalue weighted by Gasteiger charge is 2.13. The summed E-state index contributed by atoms with van der Waals surface area (Å²) in [6, 6.07) is 3.39. The van der Waals surface area contributed by atoms with E-state index < -0.39 is 0 Å². The highest BCUT2D eigenvalue weighted by molar-refractivity contribution is 6.49. The van der Waals surface area contributed by atoms with Crippen LogP contribution in [0.3, 0.4) is 0 Å². The molecule has 0 saturated heterocycles. The zero-order valence-electron chi connectivity index (χ0n) is 8.26. The van der Waals surface area contributed by atoms with Crippen LogP contribution in [0.1, 0.15) is 0 Å². The van der Waals surface area contributed by atoms with Gasteiger partial charge in [-0.2, -0.15) is 0 Å². The van der Waals surface area contributed by atoms with Crippen LogP contribution in [0.2, 0.25) is 15.1 Å². The van der Waals surface area contributed by atoms with E-state index in [0.717, 1.165) is 0 Å². The van der Waals surface area contributed by atoms with E-state index in [1.807, 2.05) is 0 Å². The van der Waals surface area contributed by atoms with Gasteiger partial charge in [0.25, 0.3) is 0 Å². The number of nitrogens with zero attached hydrogens (tertiary/aromatic N) is 2. The molecule has 0 radical (unpaired) electrons. The van der Waals surface area contributed by atoms with Gasteiger partial charge in [0, 0.05) is 14.1 Å². The summed E-state index contributed by atoms with van der Waals surface area (Å²) in [5.41, 5.74) is 6.31. The van der Waals surface area contributed by atoms with E-state index in [2.05, 4.69) is 4.99 Å². The number of aliphatic imine (C=N–C) groups is 1. The molecule has 3 nitrogen and oxygen atoms in total. The van der Waals surface area contributed by atoms with E-state index in [0.29, 0.717) is 26.7 Å². The Kier molecular flexibility index (Phi) is 4.08. The van der Waals surface area contributed by atoms with E-state index in [1.54, 1.807) is 31.1 Å². The molecule has 0 heterocycles. The van der Waals surface area contributed by atoms with Gasteiger partial charge in [0.15, 0.2) is 5.96 Å². The van der Waals surface area contributed by atoms with Crippen molar-refractivity contribution in [1.82, 2.24) is 0 Å². The smallest absolute Gasteiger partial charge is 0.195 e. The molecule has 0 aliphatic carbocycles. The zero-order valence-corrected chi connectivity index (χ0v) is 10.5. The second-order valence-corrected chi connectivity index (χ2v) is 4.00. The zero-order chi connectivity index (χ0) is 11.6. The van der Waals surface area contributed by atoms with Gasteiger partial charge >= 0.3 is 0 Å². The molecule has 0 aliphatic heterocycles. The lowest BCUT2D eigenvalue weighted by atomic mass is 10.3. The van der Waals surface area contributed by atoms with Crippen LogP contribution in [0.4, 0.5) is 5.69 Å². The Morgan fingerprint density at radius 1 is 1.27 bits per heavy atom. The number of benzene rings is 1. The van der Waals surface area contributed by atoms with Gasteiger partial charge < -0.3 is 10.6 Å². The molecular weight excluding hydrogens is 256 g/mol. The fourth-order valence-electron chi connectivity index (χ4n) is 1.05. The average Bonchev–Trinajstić information content (AvgIpc) is 2.24. The molecule has 6 heteroatoms. The molecule has 0 fully saturated rings. The molecule has 1 aromatic carbocycles. The maximum absolute atomic E-state index is 6.03. The fourth-order valence-corrected chi connectivity index (χ4v) is 1.71. The Balaban J connectivity index is 3.22. The van der Waals surface area contributed by atoms with E-state index in [-0.39, 0.29) is 0 Å². The minimum absolute atomic E-state index is 0.312. The van der Waals surface area contributed by atoms with Crippen molar-refractivity contribution in [3.05, 3.63) is 27.2 Å². The molecule has 0 aromatic heterocycles. The average molecular weight is 267 g/mol. The van der Waals surface area contributed by atoms with Crippen molar-refractivity contribution in [3.8, 4) is 0 Å². The molecule has 0 saturated carbocycles. The largest absolute Gasteiger partial charge is 0.370 e. The minimum Gasteiger partial charge on any atom is -0.370 e. The van der Waals surface area contributed by atoms with Crippen LogP contribution >= 0.6 is 34.8 Å². The number of rotatable bonds is 1. The number of halogens is 3. The Hall–Kier alpha value is -0.640. The van der Waals surface area contributed by atoms with Gasteiger partial charge in [0.1, 0.15) is 0 Å². The summed E-state index contributed by atoms with van der Waals surface area (Å²) in [7, 11) is 3.34. The summed E-state index contributed by atoms with van der Waals surface area (Å²) in [6.45, 7) is 0. The molecule has 0 atom stereocenters. The van der Waals surface area contributed by atoms with Crippen molar-refractivity contribution in [1.29, 1.82) is 0 Å². The molecule has 0 spiro atoms. The van der Waals surface area contributed by atoms with Gasteiger partial charge in [-0.05, 0) is 12.1 Å². The molecular formula is C9H10Cl3N3. The first-order valence-corrected chi connectivity index (χ1v) is 5.22. The van der Waals surface area contributed by atoms with Crippen LogP contribution in [0, 0.1) is 0 Å². The van der Waals surface area contributed by atoms with Crippen LogP contribution in [0.25, 0.3) is 0 Å². The molecule has 0 bridgehead atoms.